The molecule has 4 rings (SSSR count). The van der Waals surface area contributed by atoms with Crippen molar-refractivity contribution in [3.8, 4) is 0 Å². The van der Waals surface area contributed by atoms with Crippen LogP contribution in [0.15, 0.2) is 60.6 Å². The summed E-state index contributed by atoms with van der Waals surface area (Å²) < 4.78 is 13.5. The SMILES string of the molecule is CC1(C)C2N(CCN1C(=O)CN)C(Nc1cccc(Cl)c1)=CN2c1ccc(F)cc1. The van der Waals surface area contributed by atoms with E-state index in [1.807, 2.05) is 49.2 Å². The van der Waals surface area contributed by atoms with Gasteiger partial charge in [-0.25, -0.2) is 4.39 Å². The predicted molar refractivity (Wildman–Crippen MR) is 117 cm³/mol. The topological polar surface area (TPSA) is 64.8 Å². The van der Waals surface area contributed by atoms with Crippen molar-refractivity contribution in [3.63, 3.8) is 0 Å². The Morgan fingerprint density at radius 2 is 1.97 bits per heavy atom. The molecule has 30 heavy (non-hydrogen) atoms. The lowest BCUT2D eigenvalue weighted by Gasteiger charge is -2.53. The second-order valence-corrected chi connectivity index (χ2v) is 8.44. The summed E-state index contributed by atoms with van der Waals surface area (Å²) in [5, 5.41) is 4.09. The fraction of sp³-hybridized carbons (Fsp3) is 0.318. The van der Waals surface area contributed by atoms with Crippen LogP contribution in [0, 0.1) is 5.82 Å². The minimum absolute atomic E-state index is 0.0340. The lowest BCUT2D eigenvalue weighted by Crippen LogP contribution is -2.69. The molecule has 0 radical (unpaired) electrons. The molecule has 6 nitrogen and oxygen atoms in total. The first-order valence-electron chi connectivity index (χ1n) is 9.87. The largest absolute Gasteiger partial charge is 0.341 e. The lowest BCUT2D eigenvalue weighted by molar-refractivity contribution is -0.141. The molecule has 1 saturated heterocycles. The van der Waals surface area contributed by atoms with Crippen LogP contribution in [0.3, 0.4) is 0 Å². The molecule has 0 bridgehead atoms. The molecule has 0 aliphatic carbocycles. The van der Waals surface area contributed by atoms with Crippen molar-refractivity contribution in [2.45, 2.75) is 25.6 Å². The lowest BCUT2D eigenvalue weighted by atomic mass is 9.93. The summed E-state index contributed by atoms with van der Waals surface area (Å²) in [4.78, 5) is 18.7. The summed E-state index contributed by atoms with van der Waals surface area (Å²) in [7, 11) is 0. The summed E-state index contributed by atoms with van der Waals surface area (Å²) in [6, 6.07) is 13.9. The molecule has 1 atom stereocenters. The molecular weight excluding hydrogens is 405 g/mol. The summed E-state index contributed by atoms with van der Waals surface area (Å²) >= 11 is 6.15. The van der Waals surface area contributed by atoms with Crippen LogP contribution in [0.4, 0.5) is 15.8 Å². The number of rotatable bonds is 4. The van der Waals surface area contributed by atoms with Crippen LogP contribution in [0.5, 0.6) is 0 Å². The molecule has 158 valence electrons. The standard InChI is InChI=1S/C22H25ClFN5O/c1-22(2)21-27(10-11-29(22)20(30)13-25)19(26-17-5-3-4-15(23)12-17)14-28(21)18-8-6-16(24)7-9-18/h3-9,12,14,21,26H,10-11,13,25H2,1-2H3. The average Bonchev–Trinajstić information content (AvgIpc) is 3.08. The second kappa shape index (κ2) is 7.81. The first-order chi connectivity index (χ1) is 14.3. The maximum Gasteiger partial charge on any atom is 0.236 e. The van der Waals surface area contributed by atoms with Crippen LogP contribution in [-0.2, 0) is 4.79 Å². The minimum atomic E-state index is -0.544. The van der Waals surface area contributed by atoms with Crippen molar-refractivity contribution in [2.24, 2.45) is 5.73 Å². The fourth-order valence-corrected chi connectivity index (χ4v) is 4.55. The first kappa shape index (κ1) is 20.5. The van der Waals surface area contributed by atoms with Crippen molar-refractivity contribution in [1.29, 1.82) is 0 Å². The number of nitrogens with one attached hydrogen (secondary N) is 1. The number of anilines is 2. The van der Waals surface area contributed by atoms with Crippen molar-refractivity contribution in [2.75, 3.05) is 29.9 Å². The van der Waals surface area contributed by atoms with E-state index in [0.29, 0.717) is 18.1 Å². The molecule has 1 amide bonds. The molecule has 2 aliphatic heterocycles. The van der Waals surface area contributed by atoms with Crippen LogP contribution in [0.25, 0.3) is 0 Å². The molecule has 1 unspecified atom stereocenters. The van der Waals surface area contributed by atoms with Gasteiger partial charge in [-0.15, -0.1) is 0 Å². The van der Waals surface area contributed by atoms with E-state index in [4.69, 9.17) is 17.3 Å². The van der Waals surface area contributed by atoms with Gasteiger partial charge in [-0.1, -0.05) is 17.7 Å². The maximum atomic E-state index is 13.5. The van der Waals surface area contributed by atoms with Gasteiger partial charge < -0.3 is 25.8 Å². The Kier molecular flexibility index (Phi) is 5.34. The Labute approximate surface area is 180 Å². The van der Waals surface area contributed by atoms with Crippen molar-refractivity contribution in [1.82, 2.24) is 9.80 Å². The number of fused-ring (bicyclic) bond motifs is 1. The van der Waals surface area contributed by atoms with Crippen LogP contribution >= 0.6 is 11.6 Å². The van der Waals surface area contributed by atoms with E-state index in [-0.39, 0.29) is 24.4 Å². The second-order valence-electron chi connectivity index (χ2n) is 8.00. The Bertz CT molecular complexity index is 978. The van der Waals surface area contributed by atoms with Gasteiger partial charge in [-0.05, 0) is 56.3 Å². The maximum absolute atomic E-state index is 13.5. The third-order valence-electron chi connectivity index (χ3n) is 5.72. The molecule has 2 aromatic carbocycles. The summed E-state index contributed by atoms with van der Waals surface area (Å²) in [5.74, 6) is 0.508. The van der Waals surface area contributed by atoms with Crippen LogP contribution in [0.2, 0.25) is 5.02 Å². The van der Waals surface area contributed by atoms with E-state index in [9.17, 15) is 9.18 Å². The molecule has 2 aliphatic rings. The zero-order chi connectivity index (χ0) is 21.5. The van der Waals surface area contributed by atoms with Gasteiger partial charge in [0.1, 0.15) is 17.8 Å². The van der Waals surface area contributed by atoms with Crippen LogP contribution in [-0.4, -0.2) is 47.0 Å². The fourth-order valence-electron chi connectivity index (χ4n) is 4.36. The highest BCUT2D eigenvalue weighted by atomic mass is 35.5. The number of hydrogen-bond donors (Lipinski definition) is 2. The minimum Gasteiger partial charge on any atom is -0.341 e. The monoisotopic (exact) mass is 429 g/mol. The molecule has 8 heteroatoms. The van der Waals surface area contributed by atoms with E-state index in [2.05, 4.69) is 15.1 Å². The number of carbonyl (C=O) groups is 1. The molecule has 2 aromatic rings. The van der Waals surface area contributed by atoms with Crippen LogP contribution in [0.1, 0.15) is 13.8 Å². The number of carbonyl (C=O) groups excluding carboxylic acids is 1. The third kappa shape index (κ3) is 3.59. The molecule has 3 N–H and O–H groups in total. The number of piperazine rings is 1. The van der Waals surface area contributed by atoms with Gasteiger partial charge >= 0.3 is 0 Å². The summed E-state index contributed by atoms with van der Waals surface area (Å²) in [6.07, 6.45) is 1.81. The van der Waals surface area contributed by atoms with Gasteiger partial charge in [0.05, 0.1) is 12.1 Å². The van der Waals surface area contributed by atoms with E-state index in [0.717, 1.165) is 17.2 Å². The highest BCUT2D eigenvalue weighted by Gasteiger charge is 2.51. The summed E-state index contributed by atoms with van der Waals surface area (Å²) in [5.41, 5.74) is 6.83. The van der Waals surface area contributed by atoms with E-state index < -0.39 is 5.54 Å². The smallest absolute Gasteiger partial charge is 0.236 e. The molecule has 0 spiro atoms. The highest BCUT2D eigenvalue weighted by Crippen LogP contribution is 2.40. The summed E-state index contributed by atoms with van der Waals surface area (Å²) in [6.45, 7) is 5.23. The van der Waals surface area contributed by atoms with Crippen molar-refractivity contribution in [3.05, 3.63) is 71.4 Å². The number of benzene rings is 2. The Morgan fingerprint density at radius 3 is 2.63 bits per heavy atom. The van der Waals surface area contributed by atoms with Gasteiger partial charge in [0.25, 0.3) is 0 Å². The van der Waals surface area contributed by atoms with E-state index >= 15 is 0 Å². The van der Waals surface area contributed by atoms with Crippen molar-refractivity contribution >= 4 is 28.9 Å². The first-order valence-corrected chi connectivity index (χ1v) is 10.2. The quantitative estimate of drug-likeness (QED) is 0.779. The van der Waals surface area contributed by atoms with E-state index in [1.54, 1.807) is 12.1 Å². The van der Waals surface area contributed by atoms with Gasteiger partial charge in [0.2, 0.25) is 5.91 Å². The number of amides is 1. The molecule has 0 saturated carbocycles. The van der Waals surface area contributed by atoms with Gasteiger partial charge in [-0.2, -0.15) is 0 Å². The molecule has 1 fully saturated rings. The van der Waals surface area contributed by atoms with Gasteiger partial charge in [-0.3, -0.25) is 4.79 Å². The Morgan fingerprint density at radius 1 is 1.23 bits per heavy atom. The molecular formula is C22H25ClFN5O. The Balaban J connectivity index is 1.73. The zero-order valence-corrected chi connectivity index (χ0v) is 17.7. The average molecular weight is 430 g/mol. The van der Waals surface area contributed by atoms with Crippen LogP contribution < -0.4 is 16.0 Å². The van der Waals surface area contributed by atoms with Crippen molar-refractivity contribution < 1.29 is 9.18 Å². The number of nitrogens with zero attached hydrogens (tertiary/aromatic N) is 3. The normalized spacial score (nSPS) is 20.1. The third-order valence-corrected chi connectivity index (χ3v) is 5.95. The highest BCUT2D eigenvalue weighted by molar-refractivity contribution is 6.30. The number of nitrogens with two attached hydrogens (primary N) is 1. The van der Waals surface area contributed by atoms with E-state index in [1.165, 1.54) is 12.1 Å². The molecule has 0 aromatic heterocycles. The van der Waals surface area contributed by atoms with Gasteiger partial charge in [0, 0.05) is 35.7 Å². The number of halogens is 2. The zero-order valence-electron chi connectivity index (χ0n) is 17.0. The number of hydrogen-bond acceptors (Lipinski definition) is 5. The predicted octanol–water partition coefficient (Wildman–Crippen LogP) is 3.42. The molecule has 2 heterocycles. The Hall–Kier alpha value is -2.77. The van der Waals surface area contributed by atoms with Gasteiger partial charge in [0.15, 0.2) is 0 Å².